The molecular formula is C19H20N4O2. The van der Waals surface area contributed by atoms with Gasteiger partial charge in [0, 0.05) is 18.9 Å². The second kappa shape index (κ2) is 7.61. The van der Waals surface area contributed by atoms with Crippen LogP contribution in [0.3, 0.4) is 0 Å². The third-order valence-corrected chi connectivity index (χ3v) is 4.10. The fourth-order valence-electron chi connectivity index (χ4n) is 2.69. The minimum absolute atomic E-state index is 0.332. The summed E-state index contributed by atoms with van der Waals surface area (Å²) in [5.41, 5.74) is 8.18. The Balaban J connectivity index is 1.69. The number of imidazole rings is 1. The number of carboxylic acids is 1. The summed E-state index contributed by atoms with van der Waals surface area (Å²) in [4.78, 5) is 20.0. The van der Waals surface area contributed by atoms with Crippen LogP contribution in [0.4, 0.5) is 5.82 Å². The molecule has 2 heterocycles. The fraction of sp³-hybridized carbons (Fsp3) is 0.211. The molecule has 0 fully saturated rings. The van der Waals surface area contributed by atoms with E-state index < -0.39 is 11.9 Å². The Morgan fingerprint density at radius 3 is 2.60 bits per heavy atom. The van der Waals surface area contributed by atoms with Crippen molar-refractivity contribution in [3.8, 4) is 0 Å². The number of anilines is 1. The number of nitrogens with two attached hydrogens (primary N) is 1. The van der Waals surface area contributed by atoms with Crippen LogP contribution in [0.15, 0.2) is 61.2 Å². The van der Waals surface area contributed by atoms with Crippen molar-refractivity contribution in [2.45, 2.75) is 25.3 Å². The third kappa shape index (κ3) is 4.44. The molecule has 0 bridgehead atoms. The number of aryl methyl sites for hydroxylation is 2. The van der Waals surface area contributed by atoms with Crippen LogP contribution in [-0.2, 0) is 24.2 Å². The first-order valence-electron chi connectivity index (χ1n) is 8.10. The number of carboxylic acid groups (broad SMARTS) is 1. The molecule has 0 saturated heterocycles. The molecular weight excluding hydrogens is 316 g/mol. The summed E-state index contributed by atoms with van der Waals surface area (Å²) in [6, 6.07) is 13.6. The maximum Gasteiger partial charge on any atom is 0.312 e. The number of nitrogens with zero attached hydrogens (tertiary/aromatic N) is 3. The molecule has 2 aromatic heterocycles. The quantitative estimate of drug-likeness (QED) is 0.691. The molecule has 25 heavy (non-hydrogen) atoms. The number of aliphatic carboxylic acids is 1. The maximum atomic E-state index is 11.7. The smallest absolute Gasteiger partial charge is 0.312 e. The summed E-state index contributed by atoms with van der Waals surface area (Å²) in [6.07, 6.45) is 6.31. The highest BCUT2D eigenvalue weighted by molar-refractivity contribution is 5.75. The van der Waals surface area contributed by atoms with E-state index in [0.29, 0.717) is 17.9 Å². The van der Waals surface area contributed by atoms with E-state index in [-0.39, 0.29) is 0 Å². The van der Waals surface area contributed by atoms with Gasteiger partial charge in [0.2, 0.25) is 0 Å². The van der Waals surface area contributed by atoms with E-state index in [1.165, 1.54) is 5.56 Å². The molecule has 0 radical (unpaired) electrons. The molecule has 0 aliphatic rings. The number of rotatable bonds is 7. The first-order valence-corrected chi connectivity index (χ1v) is 8.10. The Morgan fingerprint density at radius 2 is 1.92 bits per heavy atom. The lowest BCUT2D eigenvalue weighted by molar-refractivity contribution is -0.138. The first kappa shape index (κ1) is 16.7. The number of hydrogen-bond acceptors (Lipinski definition) is 4. The van der Waals surface area contributed by atoms with Gasteiger partial charge in [-0.1, -0.05) is 36.4 Å². The molecule has 1 aromatic carbocycles. The minimum Gasteiger partial charge on any atom is -0.481 e. The van der Waals surface area contributed by atoms with Gasteiger partial charge in [0.15, 0.2) is 0 Å². The van der Waals surface area contributed by atoms with Gasteiger partial charge in [-0.15, -0.1) is 0 Å². The predicted octanol–water partition coefficient (Wildman–Crippen LogP) is 2.51. The average Bonchev–Trinajstić information content (AvgIpc) is 3.08. The molecule has 0 amide bonds. The van der Waals surface area contributed by atoms with Gasteiger partial charge < -0.3 is 15.4 Å². The second-order valence-electron chi connectivity index (χ2n) is 5.96. The van der Waals surface area contributed by atoms with E-state index in [0.717, 1.165) is 18.5 Å². The zero-order valence-corrected chi connectivity index (χ0v) is 13.7. The predicted molar refractivity (Wildman–Crippen MR) is 95.1 cm³/mol. The highest BCUT2D eigenvalue weighted by Gasteiger charge is 2.23. The van der Waals surface area contributed by atoms with E-state index in [1.807, 2.05) is 29.0 Å². The normalized spacial score (nSPS) is 12.0. The van der Waals surface area contributed by atoms with Crippen LogP contribution in [0, 0.1) is 0 Å². The molecule has 0 spiro atoms. The molecule has 0 aliphatic heterocycles. The van der Waals surface area contributed by atoms with Crippen molar-refractivity contribution in [2.24, 2.45) is 0 Å². The van der Waals surface area contributed by atoms with Gasteiger partial charge in [-0.25, -0.2) is 9.97 Å². The van der Waals surface area contributed by atoms with Gasteiger partial charge in [-0.2, -0.15) is 0 Å². The van der Waals surface area contributed by atoms with E-state index in [2.05, 4.69) is 22.1 Å². The van der Waals surface area contributed by atoms with E-state index in [4.69, 9.17) is 5.73 Å². The second-order valence-corrected chi connectivity index (χ2v) is 5.96. The number of carbonyl (C=O) groups is 1. The lowest BCUT2D eigenvalue weighted by Crippen LogP contribution is -2.15. The van der Waals surface area contributed by atoms with E-state index in [9.17, 15) is 9.90 Å². The number of hydrogen-bond donors (Lipinski definition) is 2. The molecule has 0 aliphatic carbocycles. The Morgan fingerprint density at radius 1 is 1.12 bits per heavy atom. The van der Waals surface area contributed by atoms with E-state index in [1.54, 1.807) is 24.7 Å². The number of nitrogen functional groups attached to an aromatic ring is 1. The Hall–Kier alpha value is -3.15. The molecule has 0 saturated carbocycles. The van der Waals surface area contributed by atoms with Crippen molar-refractivity contribution in [1.82, 2.24) is 14.5 Å². The summed E-state index contributed by atoms with van der Waals surface area (Å²) in [6.45, 7) is 0.757. The Kier molecular flexibility index (Phi) is 5.09. The molecule has 6 heteroatoms. The largest absolute Gasteiger partial charge is 0.481 e. The highest BCUT2D eigenvalue weighted by atomic mass is 16.4. The number of benzene rings is 1. The van der Waals surface area contributed by atoms with Crippen LogP contribution in [0.5, 0.6) is 0 Å². The maximum absolute atomic E-state index is 11.7. The summed E-state index contributed by atoms with van der Waals surface area (Å²) >= 11 is 0. The van der Waals surface area contributed by atoms with Crippen LogP contribution >= 0.6 is 0 Å². The average molecular weight is 336 g/mol. The lowest BCUT2D eigenvalue weighted by atomic mass is 9.98. The van der Waals surface area contributed by atoms with Crippen molar-refractivity contribution >= 4 is 11.8 Å². The Labute approximate surface area is 146 Å². The van der Waals surface area contributed by atoms with Crippen molar-refractivity contribution in [3.05, 3.63) is 78.0 Å². The number of aromatic nitrogens is 3. The van der Waals surface area contributed by atoms with Crippen molar-refractivity contribution in [2.75, 3.05) is 5.73 Å². The van der Waals surface area contributed by atoms with Gasteiger partial charge in [0.05, 0.1) is 12.0 Å². The molecule has 1 unspecified atom stereocenters. The summed E-state index contributed by atoms with van der Waals surface area (Å²) in [7, 11) is 0. The van der Waals surface area contributed by atoms with Crippen LogP contribution in [-0.4, -0.2) is 25.6 Å². The lowest BCUT2D eigenvalue weighted by Gasteiger charge is -2.10. The summed E-state index contributed by atoms with van der Waals surface area (Å²) in [5.74, 6) is -1.19. The van der Waals surface area contributed by atoms with Crippen molar-refractivity contribution in [1.29, 1.82) is 0 Å². The molecule has 1 atom stereocenters. The van der Waals surface area contributed by atoms with Crippen LogP contribution in [0.2, 0.25) is 0 Å². The SMILES string of the molecule is Nc1ccc(CC(C(=O)O)c2cn(CCc3ccccc3)cn2)cn1. The molecule has 3 N–H and O–H groups in total. The van der Waals surface area contributed by atoms with Crippen LogP contribution < -0.4 is 5.73 Å². The van der Waals surface area contributed by atoms with E-state index >= 15 is 0 Å². The zero-order valence-electron chi connectivity index (χ0n) is 13.7. The van der Waals surface area contributed by atoms with Crippen molar-refractivity contribution in [3.63, 3.8) is 0 Å². The monoisotopic (exact) mass is 336 g/mol. The molecule has 3 aromatic rings. The van der Waals surface area contributed by atoms with Gasteiger partial charge in [-0.3, -0.25) is 4.79 Å². The third-order valence-electron chi connectivity index (χ3n) is 4.10. The standard InChI is InChI=1S/C19H20N4O2/c20-18-7-6-15(11-21-18)10-16(19(24)25)17-12-23(13-22-17)9-8-14-4-2-1-3-5-14/h1-7,11-13,16H,8-10H2,(H2,20,21)(H,24,25). The summed E-state index contributed by atoms with van der Waals surface area (Å²) < 4.78 is 1.93. The molecule has 3 rings (SSSR count). The highest BCUT2D eigenvalue weighted by Crippen LogP contribution is 2.20. The van der Waals surface area contributed by atoms with Crippen molar-refractivity contribution < 1.29 is 9.90 Å². The van der Waals surface area contributed by atoms with Gasteiger partial charge in [0.25, 0.3) is 0 Å². The van der Waals surface area contributed by atoms with Crippen LogP contribution in [0.25, 0.3) is 0 Å². The topological polar surface area (TPSA) is 94.0 Å². The Bertz CT molecular complexity index is 828. The minimum atomic E-state index is -0.898. The number of pyridine rings is 1. The molecule has 128 valence electrons. The van der Waals surface area contributed by atoms with Gasteiger partial charge >= 0.3 is 5.97 Å². The van der Waals surface area contributed by atoms with Crippen LogP contribution in [0.1, 0.15) is 22.7 Å². The van der Waals surface area contributed by atoms with Gasteiger partial charge in [-0.05, 0) is 30.0 Å². The first-order chi connectivity index (χ1) is 12.1. The van der Waals surface area contributed by atoms with Gasteiger partial charge in [0.1, 0.15) is 11.7 Å². The zero-order chi connectivity index (χ0) is 17.6. The summed E-state index contributed by atoms with van der Waals surface area (Å²) in [5, 5.41) is 9.57. The molecule has 6 nitrogen and oxygen atoms in total. The fourth-order valence-corrected chi connectivity index (χ4v) is 2.69.